The molecule has 1 aromatic heterocycles. The fourth-order valence-corrected chi connectivity index (χ4v) is 2.69. The van der Waals surface area contributed by atoms with Gasteiger partial charge in [-0.1, -0.05) is 12.1 Å². The molecule has 0 aliphatic carbocycles. The second-order valence-corrected chi connectivity index (χ2v) is 5.82. The summed E-state index contributed by atoms with van der Waals surface area (Å²) in [7, 11) is 1.46. The molecular weight excluding hydrogens is 379 g/mol. The van der Waals surface area contributed by atoms with Gasteiger partial charge < -0.3 is 15.8 Å². The van der Waals surface area contributed by atoms with Gasteiger partial charge in [0.1, 0.15) is 0 Å². The Morgan fingerprint density at radius 1 is 1.44 bits per heavy atom. The van der Waals surface area contributed by atoms with Gasteiger partial charge in [0.15, 0.2) is 5.13 Å². The number of alkyl halides is 3. The van der Waals surface area contributed by atoms with Crippen molar-refractivity contribution in [2.24, 2.45) is 5.73 Å². The number of aromatic nitrogens is 1. The average molecular weight is 396 g/mol. The highest BCUT2D eigenvalue weighted by molar-refractivity contribution is 7.14. The highest BCUT2D eigenvalue weighted by atomic mass is 35.5. The number of amides is 1. The number of nitrogens with zero attached hydrogens (tertiary/aromatic N) is 1. The number of carbonyl (C=O) groups is 1. The van der Waals surface area contributed by atoms with E-state index >= 15 is 0 Å². The largest absolute Gasteiger partial charge is 0.416 e. The summed E-state index contributed by atoms with van der Waals surface area (Å²) in [6.45, 7) is 0.206. The summed E-state index contributed by atoms with van der Waals surface area (Å²) < 4.78 is 43.3. The SMILES string of the molecule is COC(CN)CC(=O)Nc1nc(-c2cccc(C(F)(F)F)c2)cs1.Cl. The molecule has 5 nitrogen and oxygen atoms in total. The molecule has 0 radical (unpaired) electrons. The minimum absolute atomic E-state index is 0. The zero-order chi connectivity index (χ0) is 17.7. The van der Waals surface area contributed by atoms with Crippen LogP contribution in [0.5, 0.6) is 0 Å². The van der Waals surface area contributed by atoms with Gasteiger partial charge in [-0.25, -0.2) is 4.98 Å². The molecule has 10 heteroatoms. The maximum atomic E-state index is 12.8. The summed E-state index contributed by atoms with van der Waals surface area (Å²) in [4.78, 5) is 16.0. The third-order valence-electron chi connectivity index (χ3n) is 3.25. The second-order valence-electron chi connectivity index (χ2n) is 4.96. The third kappa shape index (κ3) is 5.96. The molecule has 1 aromatic carbocycles. The van der Waals surface area contributed by atoms with E-state index in [9.17, 15) is 18.0 Å². The van der Waals surface area contributed by atoms with Crippen molar-refractivity contribution in [3.63, 3.8) is 0 Å². The number of rotatable bonds is 6. The second kappa shape index (κ2) is 9.14. The predicted octanol–water partition coefficient (Wildman–Crippen LogP) is 3.55. The lowest BCUT2D eigenvalue weighted by atomic mass is 10.1. The Kier molecular flexibility index (Phi) is 7.81. The van der Waals surface area contributed by atoms with Crippen LogP contribution < -0.4 is 11.1 Å². The quantitative estimate of drug-likeness (QED) is 0.784. The number of hydrogen-bond acceptors (Lipinski definition) is 5. The zero-order valence-corrected chi connectivity index (χ0v) is 14.8. The van der Waals surface area contributed by atoms with Gasteiger partial charge in [0.25, 0.3) is 0 Å². The summed E-state index contributed by atoms with van der Waals surface area (Å²) in [6.07, 6.45) is -4.74. The number of benzene rings is 1. The number of thiazole rings is 1. The summed E-state index contributed by atoms with van der Waals surface area (Å²) in [5, 5.41) is 4.48. The highest BCUT2D eigenvalue weighted by Gasteiger charge is 2.30. The maximum Gasteiger partial charge on any atom is 0.416 e. The first-order valence-corrected chi connectivity index (χ1v) is 7.87. The van der Waals surface area contributed by atoms with E-state index < -0.39 is 17.8 Å². The van der Waals surface area contributed by atoms with E-state index in [1.165, 1.54) is 19.2 Å². The molecule has 1 unspecified atom stereocenters. The Bertz CT molecular complexity index is 705. The van der Waals surface area contributed by atoms with Crippen molar-refractivity contribution < 1.29 is 22.7 Å². The van der Waals surface area contributed by atoms with E-state index in [-0.39, 0.29) is 31.3 Å². The van der Waals surface area contributed by atoms with E-state index in [4.69, 9.17) is 10.5 Å². The molecule has 0 spiro atoms. The first kappa shape index (κ1) is 21.4. The first-order chi connectivity index (χ1) is 11.3. The van der Waals surface area contributed by atoms with Gasteiger partial charge >= 0.3 is 6.18 Å². The van der Waals surface area contributed by atoms with E-state index in [1.54, 1.807) is 5.38 Å². The molecule has 138 valence electrons. The van der Waals surface area contributed by atoms with Crippen molar-refractivity contribution in [1.82, 2.24) is 4.98 Å². The lowest BCUT2D eigenvalue weighted by Crippen LogP contribution is -2.28. The van der Waals surface area contributed by atoms with Gasteiger partial charge in [0, 0.05) is 24.6 Å². The van der Waals surface area contributed by atoms with Crippen molar-refractivity contribution in [2.75, 3.05) is 19.0 Å². The molecular formula is C15H17ClF3N3O2S. The number of carbonyl (C=O) groups excluding carboxylic acids is 1. The summed E-state index contributed by atoms with van der Waals surface area (Å²) in [5.41, 5.74) is 5.39. The number of nitrogens with two attached hydrogens (primary N) is 1. The molecule has 0 aliphatic heterocycles. The van der Waals surface area contributed by atoms with Gasteiger partial charge in [-0.05, 0) is 12.1 Å². The molecule has 0 saturated heterocycles. The Labute approximate surface area is 152 Å². The van der Waals surface area contributed by atoms with Crippen molar-refractivity contribution in [2.45, 2.75) is 18.7 Å². The van der Waals surface area contributed by atoms with E-state index in [0.717, 1.165) is 23.5 Å². The van der Waals surface area contributed by atoms with Gasteiger partial charge in [-0.15, -0.1) is 23.7 Å². The number of halogens is 4. The third-order valence-corrected chi connectivity index (χ3v) is 4.00. The van der Waals surface area contributed by atoms with Gasteiger partial charge in [-0.3, -0.25) is 4.79 Å². The molecule has 2 rings (SSSR count). The predicted molar refractivity (Wildman–Crippen MR) is 92.9 cm³/mol. The zero-order valence-electron chi connectivity index (χ0n) is 13.2. The minimum Gasteiger partial charge on any atom is -0.380 e. The topological polar surface area (TPSA) is 77.2 Å². The molecule has 1 heterocycles. The Hall–Kier alpha value is -1.68. The number of ether oxygens (including phenoxy) is 1. The Balaban J connectivity index is 0.00000312. The average Bonchev–Trinajstić information content (AvgIpc) is 3.00. The van der Waals surface area contributed by atoms with Crippen molar-refractivity contribution in [1.29, 1.82) is 0 Å². The number of nitrogens with one attached hydrogen (secondary N) is 1. The number of hydrogen-bond donors (Lipinski definition) is 2. The van der Waals surface area contributed by atoms with Crippen molar-refractivity contribution >= 4 is 34.8 Å². The molecule has 0 saturated carbocycles. The van der Waals surface area contributed by atoms with Gasteiger partial charge in [0.2, 0.25) is 5.91 Å². The monoisotopic (exact) mass is 395 g/mol. The number of anilines is 1. The first-order valence-electron chi connectivity index (χ1n) is 6.99. The lowest BCUT2D eigenvalue weighted by molar-refractivity contribution is -0.137. The molecule has 0 fully saturated rings. The minimum atomic E-state index is -4.42. The van der Waals surface area contributed by atoms with Gasteiger partial charge in [-0.2, -0.15) is 13.2 Å². The Morgan fingerprint density at radius 3 is 2.76 bits per heavy atom. The van der Waals surface area contributed by atoms with Gasteiger partial charge in [0.05, 0.1) is 23.8 Å². The van der Waals surface area contributed by atoms with Crippen molar-refractivity contribution in [3.05, 3.63) is 35.2 Å². The number of methoxy groups -OCH3 is 1. The molecule has 0 aliphatic rings. The van der Waals surface area contributed by atoms with Crippen LogP contribution in [0.3, 0.4) is 0 Å². The van der Waals surface area contributed by atoms with Crippen LogP contribution in [-0.4, -0.2) is 30.6 Å². The molecule has 1 amide bonds. The normalized spacial score (nSPS) is 12.4. The smallest absolute Gasteiger partial charge is 0.380 e. The van der Waals surface area contributed by atoms with Crippen LogP contribution >= 0.6 is 23.7 Å². The fourth-order valence-electron chi connectivity index (χ4n) is 1.96. The summed E-state index contributed by atoms with van der Waals surface area (Å²) >= 11 is 1.13. The molecule has 3 N–H and O–H groups in total. The maximum absolute atomic E-state index is 12.8. The van der Waals surface area contributed by atoms with Crippen LogP contribution in [0.4, 0.5) is 18.3 Å². The summed E-state index contributed by atoms with van der Waals surface area (Å²) in [5.74, 6) is -0.322. The molecule has 1 atom stereocenters. The van der Waals surface area contributed by atoms with Crippen LogP contribution in [-0.2, 0) is 15.7 Å². The van der Waals surface area contributed by atoms with Crippen LogP contribution in [0, 0.1) is 0 Å². The van der Waals surface area contributed by atoms with Crippen LogP contribution in [0.1, 0.15) is 12.0 Å². The standard InChI is InChI=1S/C15H16F3N3O2S.ClH/c1-23-11(7-19)6-13(22)21-14-20-12(8-24-14)9-3-2-4-10(5-9)15(16,17)18;/h2-5,8,11H,6-7,19H2,1H3,(H,20,21,22);1H. The van der Waals surface area contributed by atoms with Crippen LogP contribution in [0.25, 0.3) is 11.3 Å². The Morgan fingerprint density at radius 2 is 2.16 bits per heavy atom. The van der Waals surface area contributed by atoms with Crippen LogP contribution in [0.2, 0.25) is 0 Å². The molecule has 0 bridgehead atoms. The van der Waals surface area contributed by atoms with E-state index in [0.29, 0.717) is 16.4 Å². The molecule has 25 heavy (non-hydrogen) atoms. The lowest BCUT2D eigenvalue weighted by Gasteiger charge is -2.11. The summed E-state index contributed by atoms with van der Waals surface area (Å²) in [6, 6.07) is 4.87. The molecule has 2 aromatic rings. The van der Waals surface area contributed by atoms with Crippen LogP contribution in [0.15, 0.2) is 29.6 Å². The van der Waals surface area contributed by atoms with E-state index in [2.05, 4.69) is 10.3 Å². The van der Waals surface area contributed by atoms with Crippen molar-refractivity contribution in [3.8, 4) is 11.3 Å². The fraction of sp³-hybridized carbons (Fsp3) is 0.333. The highest BCUT2D eigenvalue weighted by Crippen LogP contribution is 2.33. The van der Waals surface area contributed by atoms with E-state index in [1.807, 2.05) is 0 Å².